The summed E-state index contributed by atoms with van der Waals surface area (Å²) in [5, 5.41) is 3.36. The molecule has 140 valence electrons. The highest BCUT2D eigenvalue weighted by atomic mass is 19.1. The SMILES string of the molecule is CCNC(=NCC(C)(C)OC)N1CC(C)OC(c2ccc(F)cc2)C1. The zero-order valence-electron chi connectivity index (χ0n) is 15.9. The molecule has 0 aromatic heterocycles. The van der Waals surface area contributed by atoms with Gasteiger partial charge in [-0.2, -0.15) is 0 Å². The minimum atomic E-state index is -0.311. The van der Waals surface area contributed by atoms with Crippen LogP contribution in [0.1, 0.15) is 39.4 Å². The fourth-order valence-electron chi connectivity index (χ4n) is 2.74. The first-order valence-corrected chi connectivity index (χ1v) is 8.84. The molecule has 1 aromatic carbocycles. The number of rotatable bonds is 5. The maximum atomic E-state index is 13.2. The highest BCUT2D eigenvalue weighted by Crippen LogP contribution is 2.25. The predicted molar refractivity (Wildman–Crippen MR) is 98.3 cm³/mol. The summed E-state index contributed by atoms with van der Waals surface area (Å²) in [6, 6.07) is 6.52. The summed E-state index contributed by atoms with van der Waals surface area (Å²) < 4.78 is 24.7. The van der Waals surface area contributed by atoms with E-state index in [0.29, 0.717) is 13.1 Å². The largest absolute Gasteiger partial charge is 0.377 e. The topological polar surface area (TPSA) is 46.1 Å². The fraction of sp³-hybridized carbons (Fsp3) is 0.632. The second-order valence-electron chi connectivity index (χ2n) is 7.03. The molecule has 0 saturated carbocycles. The highest BCUT2D eigenvalue weighted by Gasteiger charge is 2.29. The van der Waals surface area contributed by atoms with Crippen LogP contribution in [0, 0.1) is 5.82 Å². The van der Waals surface area contributed by atoms with E-state index in [1.165, 1.54) is 12.1 Å². The monoisotopic (exact) mass is 351 g/mol. The molecule has 1 saturated heterocycles. The van der Waals surface area contributed by atoms with E-state index < -0.39 is 0 Å². The summed E-state index contributed by atoms with van der Waals surface area (Å²) in [6.45, 7) is 10.9. The summed E-state index contributed by atoms with van der Waals surface area (Å²) in [6.07, 6.45) is -0.0493. The lowest BCUT2D eigenvalue weighted by atomic mass is 10.1. The zero-order chi connectivity index (χ0) is 18.4. The van der Waals surface area contributed by atoms with Crippen LogP contribution in [0.4, 0.5) is 4.39 Å². The molecule has 1 aliphatic heterocycles. The van der Waals surface area contributed by atoms with Crippen molar-refractivity contribution < 1.29 is 13.9 Å². The maximum absolute atomic E-state index is 13.2. The number of ether oxygens (including phenoxy) is 2. The number of aliphatic imine (C=N–C) groups is 1. The van der Waals surface area contributed by atoms with Gasteiger partial charge in [0.15, 0.2) is 5.96 Å². The van der Waals surface area contributed by atoms with Crippen LogP contribution in [0.15, 0.2) is 29.3 Å². The van der Waals surface area contributed by atoms with Gasteiger partial charge in [0.25, 0.3) is 0 Å². The molecule has 1 aromatic rings. The van der Waals surface area contributed by atoms with Gasteiger partial charge in [0, 0.05) is 20.2 Å². The molecule has 0 spiro atoms. The van der Waals surface area contributed by atoms with E-state index in [2.05, 4.69) is 17.1 Å². The van der Waals surface area contributed by atoms with Crippen LogP contribution in [0.25, 0.3) is 0 Å². The number of guanidine groups is 1. The third-order valence-corrected chi connectivity index (χ3v) is 4.30. The van der Waals surface area contributed by atoms with Crippen LogP contribution in [0.3, 0.4) is 0 Å². The molecular formula is C19H30FN3O2. The molecule has 1 heterocycles. The normalized spacial score (nSPS) is 22.2. The zero-order valence-corrected chi connectivity index (χ0v) is 15.9. The van der Waals surface area contributed by atoms with Crippen molar-refractivity contribution in [2.24, 2.45) is 4.99 Å². The number of morpholine rings is 1. The van der Waals surface area contributed by atoms with Gasteiger partial charge in [0.1, 0.15) is 11.9 Å². The lowest BCUT2D eigenvalue weighted by Gasteiger charge is -2.39. The molecule has 0 amide bonds. The summed E-state index contributed by atoms with van der Waals surface area (Å²) in [7, 11) is 1.70. The van der Waals surface area contributed by atoms with Crippen molar-refractivity contribution in [3.63, 3.8) is 0 Å². The third-order valence-electron chi connectivity index (χ3n) is 4.30. The number of hydrogen-bond acceptors (Lipinski definition) is 3. The average Bonchev–Trinajstić information content (AvgIpc) is 2.58. The van der Waals surface area contributed by atoms with Crippen LogP contribution >= 0.6 is 0 Å². The highest BCUT2D eigenvalue weighted by molar-refractivity contribution is 5.80. The average molecular weight is 351 g/mol. The maximum Gasteiger partial charge on any atom is 0.194 e. The Labute approximate surface area is 150 Å². The molecule has 2 rings (SSSR count). The fourth-order valence-corrected chi connectivity index (χ4v) is 2.74. The van der Waals surface area contributed by atoms with Gasteiger partial charge in [-0.15, -0.1) is 0 Å². The van der Waals surface area contributed by atoms with Gasteiger partial charge in [0.05, 0.1) is 24.8 Å². The summed E-state index contributed by atoms with van der Waals surface area (Å²) >= 11 is 0. The molecule has 0 aliphatic carbocycles. The van der Waals surface area contributed by atoms with Crippen molar-refractivity contribution in [2.45, 2.75) is 45.5 Å². The molecule has 0 radical (unpaired) electrons. The molecule has 1 N–H and O–H groups in total. The molecule has 25 heavy (non-hydrogen) atoms. The van der Waals surface area contributed by atoms with E-state index in [0.717, 1.165) is 24.6 Å². The van der Waals surface area contributed by atoms with Gasteiger partial charge < -0.3 is 19.7 Å². The smallest absolute Gasteiger partial charge is 0.194 e. The van der Waals surface area contributed by atoms with Crippen molar-refractivity contribution in [3.8, 4) is 0 Å². The van der Waals surface area contributed by atoms with E-state index >= 15 is 0 Å². The Morgan fingerprint density at radius 3 is 2.64 bits per heavy atom. The molecule has 6 heteroatoms. The van der Waals surface area contributed by atoms with Crippen molar-refractivity contribution >= 4 is 5.96 Å². The first-order valence-electron chi connectivity index (χ1n) is 8.84. The number of halogens is 1. The van der Waals surface area contributed by atoms with Gasteiger partial charge in [-0.1, -0.05) is 12.1 Å². The van der Waals surface area contributed by atoms with Gasteiger partial charge in [-0.3, -0.25) is 4.99 Å². The Kier molecular flexibility index (Phi) is 6.79. The van der Waals surface area contributed by atoms with E-state index in [1.54, 1.807) is 19.2 Å². The van der Waals surface area contributed by atoms with E-state index in [-0.39, 0.29) is 23.6 Å². The summed E-state index contributed by atoms with van der Waals surface area (Å²) in [5.74, 6) is 0.621. The van der Waals surface area contributed by atoms with Gasteiger partial charge >= 0.3 is 0 Å². The van der Waals surface area contributed by atoms with Crippen molar-refractivity contribution in [3.05, 3.63) is 35.6 Å². The Morgan fingerprint density at radius 1 is 1.36 bits per heavy atom. The van der Waals surface area contributed by atoms with E-state index in [9.17, 15) is 4.39 Å². The number of nitrogens with zero attached hydrogens (tertiary/aromatic N) is 2. The van der Waals surface area contributed by atoms with Crippen LogP contribution in [0.5, 0.6) is 0 Å². The van der Waals surface area contributed by atoms with Gasteiger partial charge in [0.2, 0.25) is 0 Å². The van der Waals surface area contributed by atoms with Crippen molar-refractivity contribution in [1.82, 2.24) is 10.2 Å². The quantitative estimate of drug-likeness (QED) is 0.654. The second-order valence-corrected chi connectivity index (χ2v) is 7.03. The standard InChI is InChI=1S/C19H30FN3O2/c1-6-21-18(22-13-19(3,4)24-5)23-11-14(2)25-17(12-23)15-7-9-16(20)10-8-15/h7-10,14,17H,6,11-13H2,1-5H3,(H,21,22). The van der Waals surface area contributed by atoms with Crippen LogP contribution in [0.2, 0.25) is 0 Å². The number of nitrogens with one attached hydrogen (secondary N) is 1. The lowest BCUT2D eigenvalue weighted by molar-refractivity contribution is -0.0606. The van der Waals surface area contributed by atoms with Crippen LogP contribution in [-0.2, 0) is 9.47 Å². The van der Waals surface area contributed by atoms with Crippen LogP contribution in [-0.4, -0.2) is 55.9 Å². The first kappa shape index (κ1) is 19.7. The molecule has 1 aliphatic rings. The minimum Gasteiger partial charge on any atom is -0.377 e. The molecular weight excluding hydrogens is 321 g/mol. The number of methoxy groups -OCH3 is 1. The second kappa shape index (κ2) is 8.63. The molecule has 0 bridgehead atoms. The summed E-state index contributed by atoms with van der Waals surface area (Å²) in [5.41, 5.74) is 0.667. The third kappa shape index (κ3) is 5.68. The van der Waals surface area contributed by atoms with E-state index in [4.69, 9.17) is 14.5 Å². The molecule has 2 unspecified atom stereocenters. The molecule has 1 fully saturated rings. The van der Waals surface area contributed by atoms with Gasteiger partial charge in [-0.05, 0) is 45.4 Å². The Morgan fingerprint density at radius 2 is 2.04 bits per heavy atom. The summed E-state index contributed by atoms with van der Waals surface area (Å²) in [4.78, 5) is 6.95. The Hall–Kier alpha value is -1.66. The minimum absolute atomic E-state index is 0.0584. The van der Waals surface area contributed by atoms with Crippen molar-refractivity contribution in [2.75, 3.05) is 33.3 Å². The predicted octanol–water partition coefficient (Wildman–Crippen LogP) is 2.98. The van der Waals surface area contributed by atoms with E-state index in [1.807, 2.05) is 20.8 Å². The lowest BCUT2D eigenvalue weighted by Crippen LogP contribution is -2.51. The Balaban J connectivity index is 2.16. The van der Waals surface area contributed by atoms with Crippen LogP contribution < -0.4 is 5.32 Å². The number of benzene rings is 1. The molecule has 2 atom stereocenters. The van der Waals surface area contributed by atoms with Crippen molar-refractivity contribution in [1.29, 1.82) is 0 Å². The molecule has 5 nitrogen and oxygen atoms in total. The Bertz CT molecular complexity index is 575. The first-order chi connectivity index (χ1) is 11.8. The number of hydrogen-bond donors (Lipinski definition) is 1. The van der Waals surface area contributed by atoms with Gasteiger partial charge in [-0.25, -0.2) is 4.39 Å².